The molecule has 0 saturated heterocycles. The van der Waals surface area contributed by atoms with E-state index < -0.39 is 27.5 Å². The first-order valence-electron chi connectivity index (χ1n) is 4.50. The standard InChI is InChI=1S/C9H4FN5O3.Na/c10-4-1-5-6(2-7(4)15(17)18)14-9(16)8(13-5)12-3-11;/h1-2H,(H2,12,13,14,16);/q;+1/p-1. The van der Waals surface area contributed by atoms with E-state index in [2.05, 4.69) is 15.0 Å². The van der Waals surface area contributed by atoms with Crippen LogP contribution in [-0.2, 0) is 0 Å². The second kappa shape index (κ2) is 5.75. The van der Waals surface area contributed by atoms with Crippen molar-refractivity contribution in [3.63, 3.8) is 0 Å². The Morgan fingerprint density at radius 2 is 2.21 bits per heavy atom. The molecule has 1 aromatic heterocycles. The van der Waals surface area contributed by atoms with Crippen LogP contribution in [0.5, 0.6) is 0 Å². The molecule has 90 valence electrons. The van der Waals surface area contributed by atoms with Crippen LogP contribution in [0.1, 0.15) is 0 Å². The molecule has 0 aliphatic rings. The molecule has 1 N–H and O–H groups in total. The Bertz CT molecular complexity index is 819. The summed E-state index contributed by atoms with van der Waals surface area (Å²) in [5.74, 6) is -1.09. The fraction of sp³-hybridized carbons (Fsp3) is 0. The first-order chi connectivity index (χ1) is 8.52. The summed E-state index contributed by atoms with van der Waals surface area (Å²) in [6, 6.07) is 1.65. The van der Waals surface area contributed by atoms with Crippen molar-refractivity contribution < 1.29 is 38.9 Å². The quantitative estimate of drug-likeness (QED) is 0.255. The summed E-state index contributed by atoms with van der Waals surface area (Å²) >= 11 is 0. The second-order valence-corrected chi connectivity index (χ2v) is 3.18. The fourth-order valence-electron chi connectivity index (χ4n) is 1.35. The third-order valence-electron chi connectivity index (χ3n) is 2.10. The molecule has 0 radical (unpaired) electrons. The number of hydrogen-bond acceptors (Lipinski definition) is 5. The molecule has 0 aliphatic carbocycles. The van der Waals surface area contributed by atoms with Gasteiger partial charge in [-0.25, -0.2) is 0 Å². The molecule has 10 heteroatoms. The Balaban J connectivity index is 0.00000180. The summed E-state index contributed by atoms with van der Waals surface area (Å²) in [6.45, 7) is 0. The molecule has 0 unspecified atom stereocenters. The largest absolute Gasteiger partial charge is 1.00 e. The number of benzene rings is 1. The molecule has 0 bridgehead atoms. The Morgan fingerprint density at radius 3 is 2.79 bits per heavy atom. The summed E-state index contributed by atoms with van der Waals surface area (Å²) in [5.41, 5.74) is -2.04. The van der Waals surface area contributed by atoms with Crippen molar-refractivity contribution in [1.29, 1.82) is 5.26 Å². The van der Waals surface area contributed by atoms with Crippen LogP contribution in [0.3, 0.4) is 0 Å². The number of H-pyrrole nitrogens is 1. The number of aromatic nitrogens is 2. The van der Waals surface area contributed by atoms with Gasteiger partial charge in [-0.05, 0) is 11.6 Å². The zero-order valence-electron chi connectivity index (χ0n) is 9.55. The van der Waals surface area contributed by atoms with Gasteiger partial charge in [-0.15, -0.1) is 0 Å². The zero-order valence-corrected chi connectivity index (χ0v) is 11.5. The Kier molecular flexibility index (Phi) is 4.55. The maximum Gasteiger partial charge on any atom is 1.00 e. The van der Waals surface area contributed by atoms with Crippen molar-refractivity contribution >= 4 is 16.7 Å². The number of aromatic amines is 1. The van der Waals surface area contributed by atoms with E-state index in [-0.39, 0.29) is 40.6 Å². The Hall–Kier alpha value is -2.02. The minimum Gasteiger partial charge on any atom is -0.429 e. The van der Waals surface area contributed by atoms with Gasteiger partial charge in [0.15, 0.2) is 0 Å². The van der Waals surface area contributed by atoms with Crippen molar-refractivity contribution in [2.45, 2.75) is 0 Å². The minimum absolute atomic E-state index is 0. The molecule has 1 heterocycles. The van der Waals surface area contributed by atoms with Gasteiger partial charge < -0.3 is 15.0 Å². The molecule has 2 rings (SSSR count). The molecule has 0 spiro atoms. The molecular weight excluding hydrogens is 268 g/mol. The Morgan fingerprint density at radius 1 is 1.53 bits per heavy atom. The van der Waals surface area contributed by atoms with Gasteiger partial charge in [0.05, 0.1) is 16.6 Å². The van der Waals surface area contributed by atoms with E-state index in [1.165, 1.54) is 6.19 Å². The number of hydrogen-bond donors (Lipinski definition) is 1. The van der Waals surface area contributed by atoms with Gasteiger partial charge in [-0.3, -0.25) is 14.9 Å². The third-order valence-corrected chi connectivity index (χ3v) is 2.10. The van der Waals surface area contributed by atoms with Crippen LogP contribution >= 0.6 is 0 Å². The molecular formula is C9H3FN5NaO3. The van der Waals surface area contributed by atoms with E-state index in [4.69, 9.17) is 5.26 Å². The Labute approximate surface area is 126 Å². The zero-order chi connectivity index (χ0) is 13.3. The number of nitro benzene ring substituents is 1. The second-order valence-electron chi connectivity index (χ2n) is 3.18. The van der Waals surface area contributed by atoms with Crippen molar-refractivity contribution in [3.8, 4) is 6.19 Å². The number of nitriles is 1. The van der Waals surface area contributed by atoms with Crippen molar-refractivity contribution in [1.82, 2.24) is 9.97 Å². The van der Waals surface area contributed by atoms with Gasteiger partial charge in [0.25, 0.3) is 0 Å². The van der Waals surface area contributed by atoms with Gasteiger partial charge in [-0.2, -0.15) is 9.65 Å². The maximum absolute atomic E-state index is 13.3. The molecule has 0 aliphatic heterocycles. The van der Waals surface area contributed by atoms with Gasteiger partial charge in [0.2, 0.25) is 11.4 Å². The van der Waals surface area contributed by atoms with E-state index >= 15 is 0 Å². The van der Waals surface area contributed by atoms with Crippen molar-refractivity contribution in [3.05, 3.63) is 43.9 Å². The van der Waals surface area contributed by atoms with Crippen LogP contribution in [0.4, 0.5) is 10.1 Å². The van der Waals surface area contributed by atoms with E-state index in [1.54, 1.807) is 0 Å². The van der Waals surface area contributed by atoms with Gasteiger partial charge in [0, 0.05) is 11.6 Å². The molecule has 0 atom stereocenters. The summed E-state index contributed by atoms with van der Waals surface area (Å²) in [5, 5.41) is 18.8. The van der Waals surface area contributed by atoms with Gasteiger partial charge in [-0.1, -0.05) is 0 Å². The number of nitrogens with one attached hydrogen (secondary N) is 1. The molecule has 2 aromatic rings. The molecule has 1 aromatic carbocycles. The van der Waals surface area contributed by atoms with Gasteiger partial charge >= 0.3 is 35.2 Å². The van der Waals surface area contributed by atoms with Crippen LogP contribution in [0, 0.1) is 27.4 Å². The number of rotatable bonds is 1. The van der Waals surface area contributed by atoms with Crippen LogP contribution in [-0.4, -0.2) is 9.91 Å². The van der Waals surface area contributed by atoms with Gasteiger partial charge in [0.1, 0.15) is 0 Å². The van der Waals surface area contributed by atoms with Crippen LogP contribution in [0.2, 0.25) is 0 Å². The molecule has 0 amide bonds. The number of nitro groups is 1. The summed E-state index contributed by atoms with van der Waals surface area (Å²) in [7, 11) is 0. The minimum atomic E-state index is -1.09. The van der Waals surface area contributed by atoms with E-state index in [0.29, 0.717) is 0 Å². The monoisotopic (exact) mass is 271 g/mol. The van der Waals surface area contributed by atoms with Crippen LogP contribution < -0.4 is 45.6 Å². The average Bonchev–Trinajstić information content (AvgIpc) is 2.30. The van der Waals surface area contributed by atoms with Crippen LogP contribution in [0.15, 0.2) is 21.9 Å². The third kappa shape index (κ3) is 2.87. The predicted molar refractivity (Wildman–Crippen MR) is 55.7 cm³/mol. The fourth-order valence-corrected chi connectivity index (χ4v) is 1.35. The van der Waals surface area contributed by atoms with E-state index in [9.17, 15) is 19.3 Å². The summed E-state index contributed by atoms with van der Waals surface area (Å²) < 4.78 is 13.3. The average molecular weight is 271 g/mol. The summed E-state index contributed by atoms with van der Waals surface area (Å²) in [4.78, 5) is 30.0. The maximum atomic E-state index is 13.3. The number of fused-ring (bicyclic) bond motifs is 1. The first kappa shape index (κ1) is 15.0. The molecule has 8 nitrogen and oxygen atoms in total. The molecule has 0 fully saturated rings. The SMILES string of the molecule is N#CN=c1[n-]c2cc(F)c([N+](=O)[O-])cc2[nH]c1=O.[Na+]. The predicted octanol–water partition coefficient (Wildman–Crippen LogP) is -3.08. The van der Waals surface area contributed by atoms with Crippen molar-refractivity contribution in [2.24, 2.45) is 4.99 Å². The van der Waals surface area contributed by atoms with E-state index in [0.717, 1.165) is 12.1 Å². The van der Waals surface area contributed by atoms with Crippen molar-refractivity contribution in [2.75, 3.05) is 0 Å². The molecule has 19 heavy (non-hydrogen) atoms. The smallest absolute Gasteiger partial charge is 0.429 e. The number of nitrogens with zero attached hydrogens (tertiary/aromatic N) is 4. The normalized spacial score (nSPS) is 10.8. The molecule has 0 saturated carbocycles. The first-order valence-corrected chi connectivity index (χ1v) is 4.50. The number of halogens is 1. The van der Waals surface area contributed by atoms with Crippen LogP contribution in [0.25, 0.3) is 11.0 Å². The van der Waals surface area contributed by atoms with E-state index in [1.807, 2.05) is 0 Å². The topological polar surface area (TPSA) is 126 Å². The summed E-state index contributed by atoms with van der Waals surface area (Å²) in [6.07, 6.45) is 1.37.